The zero-order chi connectivity index (χ0) is 32.5. The zero-order valence-electron chi connectivity index (χ0n) is 25.0. The topological polar surface area (TPSA) is 193 Å². The maximum absolute atomic E-state index is 14.4. The van der Waals surface area contributed by atoms with Crippen molar-refractivity contribution in [3.05, 3.63) is 91.0 Å². The summed E-state index contributed by atoms with van der Waals surface area (Å²) in [5, 5.41) is 26.6. The van der Waals surface area contributed by atoms with Crippen LogP contribution in [0.2, 0.25) is 0 Å². The van der Waals surface area contributed by atoms with Crippen molar-refractivity contribution in [1.29, 1.82) is 0 Å². The van der Waals surface area contributed by atoms with Crippen molar-refractivity contribution < 1.29 is 38.1 Å². The van der Waals surface area contributed by atoms with E-state index in [1.165, 1.54) is 31.1 Å². The number of benzene rings is 3. The molecule has 0 aliphatic carbocycles. The predicted molar refractivity (Wildman–Crippen MR) is 167 cm³/mol. The number of rotatable bonds is 11. The van der Waals surface area contributed by atoms with E-state index in [1.54, 1.807) is 24.3 Å². The third-order valence-electron chi connectivity index (χ3n) is 7.70. The van der Waals surface area contributed by atoms with Crippen LogP contribution in [0.15, 0.2) is 85.5 Å². The third kappa shape index (κ3) is 6.31. The number of aliphatic hydroxyl groups is 2. The number of nitrogens with two attached hydrogens (primary N) is 1. The first-order chi connectivity index (χ1) is 22.1. The molecule has 1 aliphatic rings. The van der Waals surface area contributed by atoms with Crippen LogP contribution in [0.4, 0.5) is 5.82 Å². The molecule has 5 aromatic rings. The number of carbonyl (C=O) groups is 1. The minimum atomic E-state index is -4.38. The van der Waals surface area contributed by atoms with Gasteiger partial charge in [0.2, 0.25) is 0 Å². The van der Waals surface area contributed by atoms with E-state index in [2.05, 4.69) is 20.0 Å². The number of esters is 1. The Labute approximate surface area is 263 Å². The number of carbonyl (C=O) groups excluding carboxylic acids is 1. The molecule has 0 spiro atoms. The van der Waals surface area contributed by atoms with Crippen LogP contribution in [0.1, 0.15) is 25.6 Å². The molecule has 1 fully saturated rings. The van der Waals surface area contributed by atoms with E-state index in [0.29, 0.717) is 10.9 Å². The molecular formula is C31H33N6O8P. The average molecular weight is 649 g/mol. The number of hydrogen-bond acceptors (Lipinski definition) is 12. The summed E-state index contributed by atoms with van der Waals surface area (Å²) in [6.07, 6.45) is -1.26. The standard InChI is InChI=1S/C31H33N6O8P/c1-19(29(39)42-15-20-9-4-3-5-10-20)36-46(41,45-23-14-8-12-21-11-6-7-13-22(21)23)43-16-24-26(38)31(2,40)30(44-24)37-18-35-25-27(32)33-17-34-28(25)37/h3-14,17-19,24,26,30,38,40H,15-16H2,1-2H3,(H,36,41)(H2,32,33,34)/t19-,24+,26+,30+,31+,46?/m0/s1. The second-order valence-corrected chi connectivity index (χ2v) is 12.8. The van der Waals surface area contributed by atoms with Gasteiger partial charge in [0.05, 0.1) is 12.9 Å². The Morgan fingerprint density at radius 1 is 1.11 bits per heavy atom. The summed E-state index contributed by atoms with van der Waals surface area (Å²) in [7, 11) is -4.38. The zero-order valence-corrected chi connectivity index (χ0v) is 25.9. The molecule has 3 heterocycles. The Morgan fingerprint density at radius 3 is 2.65 bits per heavy atom. The van der Waals surface area contributed by atoms with Crippen LogP contribution in [0.3, 0.4) is 0 Å². The lowest BCUT2D eigenvalue weighted by atomic mass is 9.96. The first-order valence-electron chi connectivity index (χ1n) is 14.4. The Kier molecular flexibility index (Phi) is 8.75. The largest absolute Gasteiger partial charge is 0.460 e. The molecule has 5 N–H and O–H groups in total. The highest BCUT2D eigenvalue weighted by Crippen LogP contribution is 2.48. The fourth-order valence-electron chi connectivity index (χ4n) is 5.23. The molecule has 6 rings (SSSR count). The summed E-state index contributed by atoms with van der Waals surface area (Å²) in [5.74, 6) is -0.322. The first-order valence-corrected chi connectivity index (χ1v) is 16.0. The van der Waals surface area contributed by atoms with Crippen molar-refractivity contribution in [2.75, 3.05) is 12.3 Å². The second-order valence-electron chi connectivity index (χ2n) is 11.1. The Bertz CT molecular complexity index is 1900. The SMILES string of the molecule is C[C@H](NP(=O)(OC[C@H]1O[C@@H](n2cnc3c(N)ncnc32)[C@](C)(O)[C@@H]1O)Oc1cccc2ccccc12)C(=O)OCc1ccccc1. The van der Waals surface area contributed by atoms with Gasteiger partial charge in [0, 0.05) is 5.39 Å². The average Bonchev–Trinajstić information content (AvgIpc) is 3.57. The maximum Gasteiger partial charge on any atom is 0.459 e. The molecule has 0 saturated carbocycles. The molecule has 240 valence electrons. The minimum Gasteiger partial charge on any atom is -0.460 e. The van der Waals surface area contributed by atoms with Gasteiger partial charge in [0.1, 0.15) is 48.1 Å². The number of nitrogens with one attached hydrogen (secondary N) is 1. The van der Waals surface area contributed by atoms with E-state index < -0.39 is 50.4 Å². The number of fused-ring (bicyclic) bond motifs is 2. The molecule has 6 atom stereocenters. The number of ether oxygens (including phenoxy) is 2. The van der Waals surface area contributed by atoms with Crippen LogP contribution < -0.4 is 15.3 Å². The van der Waals surface area contributed by atoms with Crippen molar-refractivity contribution in [3.63, 3.8) is 0 Å². The number of nitrogens with zero attached hydrogens (tertiary/aromatic N) is 4. The lowest BCUT2D eigenvalue weighted by Crippen LogP contribution is -2.44. The van der Waals surface area contributed by atoms with Gasteiger partial charge in [-0.25, -0.2) is 19.5 Å². The summed E-state index contributed by atoms with van der Waals surface area (Å²) in [6.45, 7) is 2.36. The van der Waals surface area contributed by atoms with Gasteiger partial charge in [-0.05, 0) is 30.9 Å². The van der Waals surface area contributed by atoms with Gasteiger partial charge in [-0.2, -0.15) is 5.09 Å². The van der Waals surface area contributed by atoms with Gasteiger partial charge in [0.15, 0.2) is 17.7 Å². The molecule has 0 bridgehead atoms. The van der Waals surface area contributed by atoms with Gasteiger partial charge >= 0.3 is 13.7 Å². The first kappa shape index (κ1) is 31.5. The molecular weight excluding hydrogens is 615 g/mol. The highest BCUT2D eigenvalue weighted by molar-refractivity contribution is 7.52. The second kappa shape index (κ2) is 12.8. The summed E-state index contributed by atoms with van der Waals surface area (Å²) in [6, 6.07) is 20.5. The number of nitrogen functional groups attached to an aromatic ring is 1. The smallest absolute Gasteiger partial charge is 0.459 e. The van der Waals surface area contributed by atoms with Crippen LogP contribution >= 0.6 is 7.75 Å². The third-order valence-corrected chi connectivity index (χ3v) is 9.33. The van der Waals surface area contributed by atoms with Gasteiger partial charge in [-0.1, -0.05) is 66.7 Å². The molecule has 2 aromatic heterocycles. The maximum atomic E-state index is 14.4. The van der Waals surface area contributed by atoms with Crippen LogP contribution in [-0.2, 0) is 30.0 Å². The highest BCUT2D eigenvalue weighted by atomic mass is 31.2. The lowest BCUT2D eigenvalue weighted by molar-refractivity contribution is -0.146. The molecule has 0 amide bonds. The van der Waals surface area contributed by atoms with Gasteiger partial charge in [-0.3, -0.25) is 13.9 Å². The number of hydrogen-bond donors (Lipinski definition) is 4. The van der Waals surface area contributed by atoms with E-state index >= 15 is 0 Å². The Morgan fingerprint density at radius 2 is 1.85 bits per heavy atom. The molecule has 14 nitrogen and oxygen atoms in total. The van der Waals surface area contributed by atoms with E-state index in [1.807, 2.05) is 48.5 Å². The van der Waals surface area contributed by atoms with Gasteiger partial charge < -0.3 is 29.9 Å². The van der Waals surface area contributed by atoms with Crippen LogP contribution in [0.25, 0.3) is 21.9 Å². The fourth-order valence-corrected chi connectivity index (χ4v) is 6.75. The monoisotopic (exact) mass is 648 g/mol. The summed E-state index contributed by atoms with van der Waals surface area (Å²) in [4.78, 5) is 25.2. The molecule has 1 unspecified atom stereocenters. The Hall–Kier alpha value is -4.43. The van der Waals surface area contributed by atoms with Crippen molar-refractivity contribution in [3.8, 4) is 5.75 Å². The van der Waals surface area contributed by atoms with Crippen LogP contribution in [-0.4, -0.2) is 66.2 Å². The summed E-state index contributed by atoms with van der Waals surface area (Å²) in [5.41, 5.74) is 5.40. The van der Waals surface area contributed by atoms with E-state index in [4.69, 9.17) is 24.3 Å². The minimum absolute atomic E-state index is 0.0130. The molecule has 0 radical (unpaired) electrons. The number of aromatic nitrogens is 4. The van der Waals surface area contributed by atoms with E-state index in [0.717, 1.165) is 10.9 Å². The normalized spacial score (nSPS) is 23.3. The summed E-state index contributed by atoms with van der Waals surface area (Å²) >= 11 is 0. The van der Waals surface area contributed by atoms with Crippen molar-refractivity contribution in [2.24, 2.45) is 0 Å². The lowest BCUT2D eigenvalue weighted by Gasteiger charge is -2.27. The molecule has 46 heavy (non-hydrogen) atoms. The van der Waals surface area contributed by atoms with E-state index in [-0.39, 0.29) is 23.8 Å². The Balaban J connectivity index is 1.23. The van der Waals surface area contributed by atoms with Crippen molar-refractivity contribution in [2.45, 2.75) is 50.5 Å². The number of imidazole rings is 1. The van der Waals surface area contributed by atoms with Crippen molar-refractivity contribution in [1.82, 2.24) is 24.6 Å². The molecule has 1 aliphatic heterocycles. The predicted octanol–water partition coefficient (Wildman–Crippen LogP) is 3.50. The number of anilines is 1. The van der Waals surface area contributed by atoms with E-state index in [9.17, 15) is 19.6 Å². The summed E-state index contributed by atoms with van der Waals surface area (Å²) < 4.78 is 39.1. The fraction of sp³-hybridized carbons (Fsp3) is 0.290. The van der Waals surface area contributed by atoms with Crippen LogP contribution in [0.5, 0.6) is 5.75 Å². The molecule has 3 aromatic carbocycles. The quantitative estimate of drug-likeness (QED) is 0.120. The molecule has 1 saturated heterocycles. The molecule has 15 heteroatoms. The van der Waals surface area contributed by atoms with Crippen molar-refractivity contribution >= 4 is 41.5 Å². The number of aliphatic hydroxyl groups excluding tert-OH is 1. The van der Waals surface area contributed by atoms with Crippen LogP contribution in [0, 0.1) is 0 Å². The van der Waals surface area contributed by atoms with Gasteiger partial charge in [0.25, 0.3) is 0 Å². The highest BCUT2D eigenvalue weighted by Gasteiger charge is 2.54. The van der Waals surface area contributed by atoms with Gasteiger partial charge in [-0.15, -0.1) is 0 Å².